The van der Waals surface area contributed by atoms with Gasteiger partial charge < -0.3 is 4.98 Å². The molecule has 0 saturated carbocycles. The molecule has 0 bridgehead atoms. The van der Waals surface area contributed by atoms with Crippen LogP contribution in [-0.4, -0.2) is 9.91 Å². The normalized spacial score (nSPS) is 11.9. The van der Waals surface area contributed by atoms with Crippen molar-refractivity contribution in [3.05, 3.63) is 51.8 Å². The standard InChI is InChI=1S/C11H10N2O2/c1-8(13(14)15)7-9-3-2-4-11-10(9)5-6-12-11/h2-7,12H,1H3. The zero-order valence-corrected chi connectivity index (χ0v) is 8.23. The van der Waals surface area contributed by atoms with Gasteiger partial charge in [-0.2, -0.15) is 0 Å². The third-order valence-corrected chi connectivity index (χ3v) is 2.28. The molecule has 15 heavy (non-hydrogen) atoms. The van der Waals surface area contributed by atoms with Crippen LogP contribution >= 0.6 is 0 Å². The van der Waals surface area contributed by atoms with Crippen LogP contribution < -0.4 is 0 Å². The number of H-pyrrole nitrogens is 1. The van der Waals surface area contributed by atoms with E-state index in [0.29, 0.717) is 0 Å². The molecule has 0 aliphatic heterocycles. The van der Waals surface area contributed by atoms with E-state index in [1.165, 1.54) is 6.92 Å². The Morgan fingerprint density at radius 1 is 1.47 bits per heavy atom. The van der Waals surface area contributed by atoms with Gasteiger partial charge in [-0.1, -0.05) is 12.1 Å². The molecule has 76 valence electrons. The summed E-state index contributed by atoms with van der Waals surface area (Å²) in [6.45, 7) is 1.49. The number of fused-ring (bicyclic) bond motifs is 1. The van der Waals surface area contributed by atoms with Crippen LogP contribution in [-0.2, 0) is 0 Å². The number of aromatic amines is 1. The second-order valence-electron chi connectivity index (χ2n) is 3.33. The lowest BCUT2D eigenvalue weighted by Gasteiger charge is -1.96. The van der Waals surface area contributed by atoms with Gasteiger partial charge in [0.1, 0.15) is 0 Å². The van der Waals surface area contributed by atoms with Crippen LogP contribution in [0, 0.1) is 10.1 Å². The van der Waals surface area contributed by atoms with Crippen LogP contribution in [0.25, 0.3) is 17.0 Å². The van der Waals surface area contributed by atoms with Gasteiger partial charge in [0.25, 0.3) is 0 Å². The summed E-state index contributed by atoms with van der Waals surface area (Å²) in [4.78, 5) is 13.2. The maximum absolute atomic E-state index is 10.5. The van der Waals surface area contributed by atoms with Gasteiger partial charge in [-0.15, -0.1) is 0 Å². The van der Waals surface area contributed by atoms with E-state index >= 15 is 0 Å². The fourth-order valence-electron chi connectivity index (χ4n) is 1.51. The minimum atomic E-state index is -0.383. The summed E-state index contributed by atoms with van der Waals surface area (Å²) in [5.41, 5.74) is 1.99. The van der Waals surface area contributed by atoms with Crippen molar-refractivity contribution in [2.45, 2.75) is 6.92 Å². The van der Waals surface area contributed by atoms with Gasteiger partial charge in [0.15, 0.2) is 0 Å². The maximum Gasteiger partial charge on any atom is 0.243 e. The number of hydrogen-bond donors (Lipinski definition) is 1. The highest BCUT2D eigenvalue weighted by atomic mass is 16.6. The summed E-state index contributed by atoms with van der Waals surface area (Å²) in [5.74, 6) is 0. The number of aromatic nitrogens is 1. The van der Waals surface area contributed by atoms with Crippen molar-refractivity contribution in [2.24, 2.45) is 0 Å². The van der Waals surface area contributed by atoms with Crippen LogP contribution in [0.2, 0.25) is 0 Å². The molecule has 0 spiro atoms. The van der Waals surface area contributed by atoms with Gasteiger partial charge >= 0.3 is 0 Å². The van der Waals surface area contributed by atoms with E-state index in [0.717, 1.165) is 16.5 Å². The van der Waals surface area contributed by atoms with Crippen molar-refractivity contribution in [1.82, 2.24) is 4.98 Å². The van der Waals surface area contributed by atoms with E-state index in [9.17, 15) is 10.1 Å². The molecule has 1 N–H and O–H groups in total. The van der Waals surface area contributed by atoms with Crippen molar-refractivity contribution in [3.63, 3.8) is 0 Å². The Hall–Kier alpha value is -2.10. The second kappa shape index (κ2) is 3.57. The topological polar surface area (TPSA) is 58.9 Å². The van der Waals surface area contributed by atoms with Crippen molar-refractivity contribution >= 4 is 17.0 Å². The van der Waals surface area contributed by atoms with Gasteiger partial charge in [-0.05, 0) is 17.7 Å². The largest absolute Gasteiger partial charge is 0.361 e. The molecule has 1 aromatic carbocycles. The van der Waals surface area contributed by atoms with Crippen LogP contribution in [0.15, 0.2) is 36.2 Å². The number of allylic oxidation sites excluding steroid dienone is 1. The van der Waals surface area contributed by atoms with E-state index in [2.05, 4.69) is 4.98 Å². The molecule has 4 heteroatoms. The number of rotatable bonds is 2. The average Bonchev–Trinajstić information content (AvgIpc) is 2.66. The lowest BCUT2D eigenvalue weighted by atomic mass is 10.1. The minimum Gasteiger partial charge on any atom is -0.361 e. The summed E-state index contributed by atoms with van der Waals surface area (Å²) < 4.78 is 0. The zero-order valence-electron chi connectivity index (χ0n) is 8.23. The van der Waals surface area contributed by atoms with Gasteiger partial charge in [0.2, 0.25) is 5.70 Å². The molecular weight excluding hydrogens is 192 g/mol. The number of hydrogen-bond acceptors (Lipinski definition) is 2. The molecule has 0 fully saturated rings. The molecule has 0 radical (unpaired) electrons. The molecule has 2 rings (SSSR count). The molecule has 1 heterocycles. The Bertz CT molecular complexity index is 540. The Morgan fingerprint density at radius 3 is 3.00 bits per heavy atom. The first-order valence-corrected chi connectivity index (χ1v) is 4.57. The molecule has 0 atom stereocenters. The highest BCUT2D eigenvalue weighted by Crippen LogP contribution is 2.19. The van der Waals surface area contributed by atoms with E-state index < -0.39 is 0 Å². The van der Waals surface area contributed by atoms with Gasteiger partial charge in [-0.3, -0.25) is 10.1 Å². The lowest BCUT2D eigenvalue weighted by Crippen LogP contribution is -1.92. The fraction of sp³-hybridized carbons (Fsp3) is 0.0909. The van der Waals surface area contributed by atoms with Crippen LogP contribution in [0.3, 0.4) is 0 Å². The predicted molar refractivity (Wildman–Crippen MR) is 58.9 cm³/mol. The van der Waals surface area contributed by atoms with Gasteiger partial charge in [-0.25, -0.2) is 0 Å². The van der Waals surface area contributed by atoms with Gasteiger partial charge in [0.05, 0.1) is 4.92 Å². The first-order valence-electron chi connectivity index (χ1n) is 4.57. The van der Waals surface area contributed by atoms with Gasteiger partial charge in [0, 0.05) is 30.1 Å². The molecule has 2 aromatic rings. The first-order chi connectivity index (χ1) is 7.18. The lowest BCUT2D eigenvalue weighted by molar-refractivity contribution is -0.422. The summed E-state index contributed by atoms with van der Waals surface area (Å²) in [7, 11) is 0. The van der Waals surface area contributed by atoms with Crippen LogP contribution in [0.5, 0.6) is 0 Å². The third-order valence-electron chi connectivity index (χ3n) is 2.28. The summed E-state index contributed by atoms with van der Waals surface area (Å²) in [6.07, 6.45) is 3.40. The smallest absolute Gasteiger partial charge is 0.243 e. The van der Waals surface area contributed by atoms with E-state index in [1.54, 1.807) is 6.08 Å². The number of benzene rings is 1. The van der Waals surface area contributed by atoms with Crippen LogP contribution in [0.4, 0.5) is 0 Å². The van der Waals surface area contributed by atoms with Crippen molar-refractivity contribution in [1.29, 1.82) is 0 Å². The minimum absolute atomic E-state index is 0.142. The molecule has 0 aliphatic rings. The van der Waals surface area contributed by atoms with Crippen LogP contribution in [0.1, 0.15) is 12.5 Å². The van der Waals surface area contributed by atoms with Crippen molar-refractivity contribution in [3.8, 4) is 0 Å². The number of nitrogens with zero attached hydrogens (tertiary/aromatic N) is 1. The van der Waals surface area contributed by atoms with E-state index in [4.69, 9.17) is 0 Å². The van der Waals surface area contributed by atoms with Crippen molar-refractivity contribution < 1.29 is 4.92 Å². The third kappa shape index (κ3) is 1.74. The summed E-state index contributed by atoms with van der Waals surface area (Å²) in [6, 6.07) is 7.59. The first kappa shape index (κ1) is 9.45. The number of nitro groups is 1. The molecule has 0 aliphatic carbocycles. The zero-order chi connectivity index (χ0) is 10.8. The molecule has 0 amide bonds. The second-order valence-corrected chi connectivity index (χ2v) is 3.33. The number of nitrogens with one attached hydrogen (secondary N) is 1. The summed E-state index contributed by atoms with van der Waals surface area (Å²) >= 11 is 0. The molecule has 0 saturated heterocycles. The quantitative estimate of drug-likeness (QED) is 0.601. The monoisotopic (exact) mass is 202 g/mol. The highest BCUT2D eigenvalue weighted by Gasteiger charge is 2.04. The molecular formula is C11H10N2O2. The highest BCUT2D eigenvalue weighted by molar-refractivity contribution is 5.88. The van der Waals surface area contributed by atoms with E-state index in [-0.39, 0.29) is 10.6 Å². The maximum atomic E-state index is 10.5. The Balaban J connectivity index is 2.57. The molecule has 0 unspecified atom stereocenters. The van der Waals surface area contributed by atoms with Crippen molar-refractivity contribution in [2.75, 3.05) is 0 Å². The Labute approximate surface area is 86.4 Å². The molecule has 1 aromatic heterocycles. The summed E-state index contributed by atoms with van der Waals surface area (Å²) in [5, 5.41) is 11.5. The average molecular weight is 202 g/mol. The fourth-order valence-corrected chi connectivity index (χ4v) is 1.51. The Morgan fingerprint density at radius 2 is 2.27 bits per heavy atom. The van der Waals surface area contributed by atoms with E-state index in [1.807, 2.05) is 30.5 Å². The molecule has 4 nitrogen and oxygen atoms in total. The predicted octanol–water partition coefficient (Wildman–Crippen LogP) is 2.81. The Kier molecular flexibility index (Phi) is 2.25. The SMILES string of the molecule is CC(=Cc1cccc2[nH]ccc12)[N+](=O)[O-].